The standard InChI is InChI=1S/C11H10O4S/c1-16(13,14)10-4-2-8(3-5-10)11-6-9(12)7-15-11/h2-6H,7H2,1H3. The first-order chi connectivity index (χ1) is 7.47. The second-order valence-corrected chi connectivity index (χ2v) is 5.58. The lowest BCUT2D eigenvalue weighted by Gasteiger charge is -2.03. The van der Waals surface area contributed by atoms with Crippen molar-refractivity contribution in [2.75, 3.05) is 12.9 Å². The number of hydrogen-bond acceptors (Lipinski definition) is 4. The first-order valence-electron chi connectivity index (χ1n) is 4.64. The highest BCUT2D eigenvalue weighted by Gasteiger charge is 2.15. The Balaban J connectivity index is 2.34. The lowest BCUT2D eigenvalue weighted by Crippen LogP contribution is -1.97. The van der Waals surface area contributed by atoms with E-state index in [0.717, 1.165) is 6.26 Å². The van der Waals surface area contributed by atoms with Crippen LogP contribution in [0.4, 0.5) is 0 Å². The SMILES string of the molecule is CS(=O)(=O)c1ccc(C2=CC(=O)CO2)cc1. The van der Waals surface area contributed by atoms with Gasteiger partial charge >= 0.3 is 0 Å². The molecule has 0 unspecified atom stereocenters. The second kappa shape index (κ2) is 3.75. The van der Waals surface area contributed by atoms with Gasteiger partial charge in [-0.1, -0.05) is 0 Å². The molecular formula is C11H10O4S. The Morgan fingerprint density at radius 2 is 1.81 bits per heavy atom. The van der Waals surface area contributed by atoms with E-state index < -0.39 is 9.84 Å². The molecule has 1 aliphatic rings. The Labute approximate surface area is 93.5 Å². The highest BCUT2D eigenvalue weighted by molar-refractivity contribution is 7.90. The quantitative estimate of drug-likeness (QED) is 0.772. The summed E-state index contributed by atoms with van der Waals surface area (Å²) in [5, 5.41) is 0. The van der Waals surface area contributed by atoms with E-state index in [2.05, 4.69) is 0 Å². The van der Waals surface area contributed by atoms with Gasteiger partial charge in [0.2, 0.25) is 0 Å². The van der Waals surface area contributed by atoms with Crippen molar-refractivity contribution < 1.29 is 17.9 Å². The van der Waals surface area contributed by atoms with E-state index in [1.807, 2.05) is 0 Å². The molecule has 16 heavy (non-hydrogen) atoms. The average molecular weight is 238 g/mol. The summed E-state index contributed by atoms with van der Waals surface area (Å²) in [5.41, 5.74) is 0.707. The molecule has 0 aromatic heterocycles. The van der Waals surface area contributed by atoms with Gasteiger partial charge in [0.25, 0.3) is 0 Å². The summed E-state index contributed by atoms with van der Waals surface area (Å²) in [7, 11) is -3.18. The van der Waals surface area contributed by atoms with Crippen molar-refractivity contribution in [2.45, 2.75) is 4.90 Å². The van der Waals surface area contributed by atoms with Crippen LogP contribution in [0, 0.1) is 0 Å². The molecule has 0 spiro atoms. The van der Waals surface area contributed by atoms with Crippen LogP contribution in [0.15, 0.2) is 35.2 Å². The number of carbonyl (C=O) groups is 1. The number of benzene rings is 1. The van der Waals surface area contributed by atoms with Crippen molar-refractivity contribution in [3.05, 3.63) is 35.9 Å². The average Bonchev–Trinajstić information content (AvgIpc) is 2.64. The molecule has 1 heterocycles. The predicted octanol–water partition coefficient (Wildman–Crippen LogP) is 1.03. The molecule has 4 nitrogen and oxygen atoms in total. The lowest BCUT2D eigenvalue weighted by molar-refractivity contribution is -0.115. The Bertz CT molecular complexity index is 552. The number of hydrogen-bond donors (Lipinski definition) is 0. The maximum Gasteiger partial charge on any atom is 0.196 e. The van der Waals surface area contributed by atoms with E-state index in [4.69, 9.17) is 4.74 Å². The monoisotopic (exact) mass is 238 g/mol. The lowest BCUT2D eigenvalue weighted by atomic mass is 10.2. The number of ether oxygens (including phenoxy) is 1. The Kier molecular flexibility index (Phi) is 2.55. The maximum absolute atomic E-state index is 11.2. The molecule has 0 amide bonds. The summed E-state index contributed by atoms with van der Waals surface area (Å²) in [5.74, 6) is 0.409. The smallest absolute Gasteiger partial charge is 0.196 e. The van der Waals surface area contributed by atoms with E-state index >= 15 is 0 Å². The van der Waals surface area contributed by atoms with Crippen LogP contribution in [0.2, 0.25) is 0 Å². The summed E-state index contributed by atoms with van der Waals surface area (Å²) in [4.78, 5) is 11.2. The van der Waals surface area contributed by atoms with Crippen LogP contribution in [0.3, 0.4) is 0 Å². The van der Waals surface area contributed by atoms with Gasteiger partial charge in [-0.15, -0.1) is 0 Å². The molecule has 0 N–H and O–H groups in total. The maximum atomic E-state index is 11.2. The third-order valence-corrected chi connectivity index (χ3v) is 3.36. The Morgan fingerprint density at radius 3 is 2.25 bits per heavy atom. The minimum Gasteiger partial charge on any atom is -0.485 e. The van der Waals surface area contributed by atoms with Gasteiger partial charge in [-0.3, -0.25) is 4.79 Å². The molecular weight excluding hydrogens is 228 g/mol. The van der Waals surface area contributed by atoms with E-state index in [1.54, 1.807) is 12.1 Å². The molecule has 0 bridgehead atoms. The zero-order chi connectivity index (χ0) is 11.8. The van der Waals surface area contributed by atoms with Crippen molar-refractivity contribution in [3.8, 4) is 0 Å². The van der Waals surface area contributed by atoms with Crippen LogP contribution in [0.5, 0.6) is 0 Å². The molecule has 2 rings (SSSR count). The zero-order valence-electron chi connectivity index (χ0n) is 8.64. The van der Waals surface area contributed by atoms with Crippen LogP contribution in [-0.4, -0.2) is 27.1 Å². The molecule has 0 radical (unpaired) electrons. The van der Waals surface area contributed by atoms with E-state index in [-0.39, 0.29) is 17.3 Å². The van der Waals surface area contributed by atoms with E-state index in [1.165, 1.54) is 18.2 Å². The van der Waals surface area contributed by atoms with Gasteiger partial charge in [0.15, 0.2) is 22.2 Å². The number of ketones is 1. The third-order valence-electron chi connectivity index (χ3n) is 2.23. The van der Waals surface area contributed by atoms with Gasteiger partial charge in [-0.25, -0.2) is 8.42 Å². The number of rotatable bonds is 2. The first kappa shape index (κ1) is 10.9. The van der Waals surface area contributed by atoms with Crippen LogP contribution in [-0.2, 0) is 19.4 Å². The van der Waals surface area contributed by atoms with E-state index in [0.29, 0.717) is 11.3 Å². The fourth-order valence-corrected chi connectivity index (χ4v) is 2.04. The topological polar surface area (TPSA) is 60.4 Å². The third kappa shape index (κ3) is 2.14. The molecule has 5 heteroatoms. The number of sulfone groups is 1. The summed E-state index contributed by atoms with van der Waals surface area (Å²) in [6.07, 6.45) is 2.56. The second-order valence-electron chi connectivity index (χ2n) is 3.56. The van der Waals surface area contributed by atoms with E-state index in [9.17, 15) is 13.2 Å². The van der Waals surface area contributed by atoms with Gasteiger partial charge in [0.05, 0.1) is 4.90 Å². The molecule has 1 aromatic carbocycles. The molecule has 0 fully saturated rings. The minimum absolute atomic E-state index is 0.0587. The Hall–Kier alpha value is -1.62. The molecule has 1 aliphatic heterocycles. The summed E-state index contributed by atoms with van der Waals surface area (Å²) in [6.45, 7) is 0.0587. The molecule has 1 aromatic rings. The molecule has 0 saturated carbocycles. The highest BCUT2D eigenvalue weighted by Crippen LogP contribution is 2.21. The van der Waals surface area contributed by atoms with Gasteiger partial charge in [0, 0.05) is 17.9 Å². The molecule has 0 saturated heterocycles. The largest absolute Gasteiger partial charge is 0.485 e. The van der Waals surface area contributed by atoms with Crippen molar-refractivity contribution >= 4 is 21.4 Å². The van der Waals surface area contributed by atoms with Gasteiger partial charge in [0.1, 0.15) is 5.76 Å². The summed E-state index contributed by atoms with van der Waals surface area (Å²) < 4.78 is 27.6. The summed E-state index contributed by atoms with van der Waals surface area (Å²) >= 11 is 0. The van der Waals surface area contributed by atoms with Gasteiger partial charge in [-0.05, 0) is 24.3 Å². The molecule has 84 valence electrons. The van der Waals surface area contributed by atoms with Crippen LogP contribution >= 0.6 is 0 Å². The molecule has 0 aliphatic carbocycles. The fourth-order valence-electron chi connectivity index (χ4n) is 1.41. The van der Waals surface area contributed by atoms with Crippen LogP contribution in [0.1, 0.15) is 5.56 Å². The highest BCUT2D eigenvalue weighted by atomic mass is 32.2. The molecule has 0 atom stereocenters. The number of carbonyl (C=O) groups excluding carboxylic acids is 1. The van der Waals surface area contributed by atoms with Gasteiger partial charge in [-0.2, -0.15) is 0 Å². The van der Waals surface area contributed by atoms with Crippen LogP contribution < -0.4 is 0 Å². The van der Waals surface area contributed by atoms with Gasteiger partial charge < -0.3 is 4.74 Å². The van der Waals surface area contributed by atoms with Crippen LogP contribution in [0.25, 0.3) is 5.76 Å². The minimum atomic E-state index is -3.18. The van der Waals surface area contributed by atoms with Crippen molar-refractivity contribution in [3.63, 3.8) is 0 Å². The fraction of sp³-hybridized carbons (Fsp3) is 0.182. The summed E-state index contributed by atoms with van der Waals surface area (Å²) in [6, 6.07) is 6.25. The Morgan fingerprint density at radius 1 is 1.19 bits per heavy atom. The zero-order valence-corrected chi connectivity index (χ0v) is 9.45. The van der Waals surface area contributed by atoms with Crippen molar-refractivity contribution in [1.82, 2.24) is 0 Å². The normalized spacial score (nSPS) is 15.8. The predicted molar refractivity (Wildman–Crippen MR) is 58.5 cm³/mol. The van der Waals surface area contributed by atoms with Crippen molar-refractivity contribution in [1.29, 1.82) is 0 Å². The first-order valence-corrected chi connectivity index (χ1v) is 6.54. The van der Waals surface area contributed by atoms with Crippen molar-refractivity contribution in [2.24, 2.45) is 0 Å².